The molecule has 128 valence electrons. The SMILES string of the molecule is Cc1cccc(OC(F)F)c1NC(=O)N(CCCCO)C1CC1. The Bertz CT molecular complexity index is 536. The van der Waals surface area contributed by atoms with Gasteiger partial charge in [0.05, 0.1) is 5.69 Å². The smallest absolute Gasteiger partial charge is 0.387 e. The zero-order valence-corrected chi connectivity index (χ0v) is 13.1. The lowest BCUT2D eigenvalue weighted by Crippen LogP contribution is -2.37. The topological polar surface area (TPSA) is 61.8 Å². The second-order valence-corrected chi connectivity index (χ2v) is 5.61. The molecule has 7 heteroatoms. The van der Waals surface area contributed by atoms with Gasteiger partial charge in [-0.3, -0.25) is 0 Å². The fourth-order valence-electron chi connectivity index (χ4n) is 2.40. The summed E-state index contributed by atoms with van der Waals surface area (Å²) in [6.07, 6.45) is 3.22. The number of hydrogen-bond donors (Lipinski definition) is 2. The number of carbonyl (C=O) groups excluding carboxylic acids is 1. The van der Waals surface area contributed by atoms with E-state index in [9.17, 15) is 13.6 Å². The predicted molar refractivity (Wildman–Crippen MR) is 82.9 cm³/mol. The van der Waals surface area contributed by atoms with Gasteiger partial charge in [-0.25, -0.2) is 4.79 Å². The Morgan fingerprint density at radius 2 is 2.17 bits per heavy atom. The zero-order chi connectivity index (χ0) is 16.8. The Balaban J connectivity index is 2.08. The second-order valence-electron chi connectivity index (χ2n) is 5.61. The third-order valence-corrected chi connectivity index (χ3v) is 3.74. The number of unbranched alkanes of at least 4 members (excludes halogenated alkanes) is 1. The van der Waals surface area contributed by atoms with Crippen molar-refractivity contribution in [3.8, 4) is 5.75 Å². The molecular weight excluding hydrogens is 306 g/mol. The lowest BCUT2D eigenvalue weighted by Gasteiger charge is -2.24. The number of aryl methyl sites for hydroxylation is 1. The molecule has 0 saturated heterocycles. The van der Waals surface area contributed by atoms with Crippen molar-refractivity contribution in [2.45, 2.75) is 45.3 Å². The van der Waals surface area contributed by atoms with Crippen LogP contribution in [0, 0.1) is 6.92 Å². The summed E-state index contributed by atoms with van der Waals surface area (Å²) in [7, 11) is 0. The maximum Gasteiger partial charge on any atom is 0.387 e. The number of rotatable bonds is 8. The van der Waals surface area contributed by atoms with Gasteiger partial charge in [-0.15, -0.1) is 0 Å². The van der Waals surface area contributed by atoms with Crippen LogP contribution in [0.15, 0.2) is 18.2 Å². The molecule has 0 aliphatic heterocycles. The highest BCUT2D eigenvalue weighted by atomic mass is 19.3. The van der Waals surface area contributed by atoms with E-state index in [4.69, 9.17) is 5.11 Å². The molecule has 1 saturated carbocycles. The van der Waals surface area contributed by atoms with E-state index in [2.05, 4.69) is 10.1 Å². The first kappa shape index (κ1) is 17.5. The number of nitrogens with zero attached hydrogens (tertiary/aromatic N) is 1. The van der Waals surface area contributed by atoms with Crippen molar-refractivity contribution in [1.82, 2.24) is 4.90 Å². The van der Waals surface area contributed by atoms with Crippen molar-refractivity contribution in [3.05, 3.63) is 23.8 Å². The van der Waals surface area contributed by atoms with Gasteiger partial charge in [0.15, 0.2) is 0 Å². The van der Waals surface area contributed by atoms with Gasteiger partial charge in [-0.1, -0.05) is 12.1 Å². The Hall–Kier alpha value is -1.89. The van der Waals surface area contributed by atoms with Gasteiger partial charge in [0.1, 0.15) is 5.75 Å². The molecule has 1 aromatic carbocycles. The van der Waals surface area contributed by atoms with Crippen LogP contribution in [-0.2, 0) is 0 Å². The van der Waals surface area contributed by atoms with E-state index in [1.165, 1.54) is 6.07 Å². The van der Waals surface area contributed by atoms with Gasteiger partial charge >= 0.3 is 12.6 Å². The van der Waals surface area contributed by atoms with Crippen molar-refractivity contribution in [2.75, 3.05) is 18.5 Å². The largest absolute Gasteiger partial charge is 0.433 e. The third kappa shape index (κ3) is 5.06. The summed E-state index contributed by atoms with van der Waals surface area (Å²) in [6.45, 7) is -0.601. The van der Waals surface area contributed by atoms with Gasteiger partial charge in [0.25, 0.3) is 0 Å². The van der Waals surface area contributed by atoms with Crippen LogP contribution in [0.3, 0.4) is 0 Å². The van der Waals surface area contributed by atoms with Crippen LogP contribution in [-0.4, -0.2) is 41.8 Å². The first-order valence-electron chi connectivity index (χ1n) is 7.76. The van der Waals surface area contributed by atoms with Crippen molar-refractivity contribution < 1.29 is 23.4 Å². The summed E-state index contributed by atoms with van der Waals surface area (Å²) in [5.74, 6) is -0.0422. The number of para-hydroxylation sites is 1. The summed E-state index contributed by atoms with van der Waals surface area (Å²) in [5.41, 5.74) is 0.924. The van der Waals surface area contributed by atoms with Gasteiger partial charge in [-0.05, 0) is 44.2 Å². The molecule has 2 N–H and O–H groups in total. The number of alkyl halides is 2. The van der Waals surface area contributed by atoms with Crippen LogP contribution >= 0.6 is 0 Å². The van der Waals surface area contributed by atoms with E-state index in [1.807, 2.05) is 0 Å². The first-order valence-corrected chi connectivity index (χ1v) is 7.76. The molecule has 0 radical (unpaired) electrons. The molecule has 0 unspecified atom stereocenters. The highest BCUT2D eigenvalue weighted by Crippen LogP contribution is 2.32. The van der Waals surface area contributed by atoms with E-state index in [0.29, 0.717) is 24.9 Å². The summed E-state index contributed by atoms with van der Waals surface area (Å²) >= 11 is 0. The molecule has 0 bridgehead atoms. The standard InChI is InChI=1S/C16H22F2N2O3/c1-11-5-4-6-13(23-15(17)18)14(11)19-16(22)20(12-7-8-12)9-2-3-10-21/h4-6,12,15,21H,2-3,7-10H2,1H3,(H,19,22). The maximum atomic E-state index is 12.5. The lowest BCUT2D eigenvalue weighted by molar-refractivity contribution is -0.0493. The molecule has 1 aliphatic carbocycles. The molecule has 5 nitrogen and oxygen atoms in total. The Labute approximate surface area is 134 Å². The number of urea groups is 1. The summed E-state index contributed by atoms with van der Waals surface area (Å²) in [4.78, 5) is 14.2. The third-order valence-electron chi connectivity index (χ3n) is 3.74. The van der Waals surface area contributed by atoms with Gasteiger partial charge in [-0.2, -0.15) is 8.78 Å². The number of aliphatic hydroxyl groups excluding tert-OH is 1. The summed E-state index contributed by atoms with van der Waals surface area (Å²) in [5, 5.41) is 11.6. The minimum atomic E-state index is -2.95. The van der Waals surface area contributed by atoms with Crippen molar-refractivity contribution >= 4 is 11.7 Å². The minimum Gasteiger partial charge on any atom is -0.433 e. The van der Waals surface area contributed by atoms with Gasteiger partial charge < -0.3 is 20.1 Å². The van der Waals surface area contributed by atoms with Crippen molar-refractivity contribution in [3.63, 3.8) is 0 Å². The average molecular weight is 328 g/mol. The molecule has 0 spiro atoms. The average Bonchev–Trinajstić information content (AvgIpc) is 3.31. The monoisotopic (exact) mass is 328 g/mol. The number of benzene rings is 1. The number of nitrogens with one attached hydrogen (secondary N) is 1. The second kappa shape index (κ2) is 8.10. The van der Waals surface area contributed by atoms with Crippen molar-refractivity contribution in [1.29, 1.82) is 0 Å². The predicted octanol–water partition coefficient (Wildman–Crippen LogP) is 3.37. The number of halogens is 2. The van der Waals surface area contributed by atoms with Crippen LogP contribution in [0.1, 0.15) is 31.2 Å². The van der Waals surface area contributed by atoms with Gasteiger partial charge in [0.2, 0.25) is 0 Å². The quantitative estimate of drug-likeness (QED) is 0.719. The van der Waals surface area contributed by atoms with Crippen LogP contribution in [0.5, 0.6) is 5.75 Å². The van der Waals surface area contributed by atoms with Crippen LogP contribution in [0.4, 0.5) is 19.3 Å². The molecule has 2 rings (SSSR count). The van der Waals surface area contributed by atoms with E-state index >= 15 is 0 Å². The van der Waals surface area contributed by atoms with Gasteiger partial charge in [0, 0.05) is 19.2 Å². The lowest BCUT2D eigenvalue weighted by atomic mass is 10.2. The van der Waals surface area contributed by atoms with Crippen LogP contribution < -0.4 is 10.1 Å². The number of hydrogen-bond acceptors (Lipinski definition) is 3. The Morgan fingerprint density at radius 3 is 2.78 bits per heavy atom. The highest BCUT2D eigenvalue weighted by molar-refractivity contribution is 5.92. The molecule has 23 heavy (non-hydrogen) atoms. The minimum absolute atomic E-state index is 0.0422. The van der Waals surface area contributed by atoms with E-state index < -0.39 is 6.61 Å². The Morgan fingerprint density at radius 1 is 1.43 bits per heavy atom. The molecule has 1 fully saturated rings. The summed E-state index contributed by atoms with van der Waals surface area (Å²) in [6, 6.07) is 4.60. The molecule has 0 aromatic heterocycles. The fraction of sp³-hybridized carbons (Fsp3) is 0.562. The highest BCUT2D eigenvalue weighted by Gasteiger charge is 2.32. The zero-order valence-electron chi connectivity index (χ0n) is 13.1. The number of ether oxygens (including phenoxy) is 1. The Kier molecular flexibility index (Phi) is 6.15. The number of anilines is 1. The molecular formula is C16H22F2N2O3. The van der Waals surface area contributed by atoms with E-state index in [0.717, 1.165) is 12.8 Å². The maximum absolute atomic E-state index is 12.5. The first-order chi connectivity index (χ1) is 11.0. The van der Waals surface area contributed by atoms with Crippen LogP contribution in [0.2, 0.25) is 0 Å². The number of aliphatic hydroxyl groups is 1. The number of carbonyl (C=O) groups is 1. The van der Waals surface area contributed by atoms with E-state index in [-0.39, 0.29) is 30.1 Å². The fourth-order valence-corrected chi connectivity index (χ4v) is 2.40. The molecule has 0 atom stereocenters. The number of amides is 2. The van der Waals surface area contributed by atoms with Crippen LogP contribution in [0.25, 0.3) is 0 Å². The normalized spacial score (nSPS) is 14.0. The molecule has 1 aromatic rings. The van der Waals surface area contributed by atoms with Crippen molar-refractivity contribution in [2.24, 2.45) is 0 Å². The summed E-state index contributed by atoms with van der Waals surface area (Å²) < 4.78 is 29.5. The van der Waals surface area contributed by atoms with E-state index in [1.54, 1.807) is 24.0 Å². The molecule has 1 aliphatic rings. The molecule has 0 heterocycles. The molecule has 2 amide bonds.